The first-order chi connectivity index (χ1) is 6.95. The van der Waals surface area contributed by atoms with E-state index < -0.39 is 0 Å². The molecule has 0 aromatic rings. The molecular formula is C10H20N2O2. The van der Waals surface area contributed by atoms with Crippen LogP contribution in [0.3, 0.4) is 0 Å². The van der Waals surface area contributed by atoms with E-state index in [0.717, 1.165) is 39.2 Å². The van der Waals surface area contributed by atoms with E-state index in [2.05, 4.69) is 10.6 Å². The zero-order chi connectivity index (χ0) is 9.64. The normalized spacial score (nSPS) is 31.3. The highest BCUT2D eigenvalue weighted by Gasteiger charge is 2.20. The number of hydrogen-bond acceptors (Lipinski definition) is 4. The van der Waals surface area contributed by atoms with E-state index in [1.54, 1.807) is 0 Å². The molecule has 0 aromatic carbocycles. The Morgan fingerprint density at radius 2 is 1.86 bits per heavy atom. The standard InChI is InChI=1S/C10H20N2O2/c1-2-6-13-10(3-1)14-9-7-11-4-5-12-8-9/h9-12H,1-8H2. The molecule has 2 aliphatic heterocycles. The molecule has 4 nitrogen and oxygen atoms in total. The Balaban J connectivity index is 1.71. The van der Waals surface area contributed by atoms with Crippen LogP contribution in [0, 0.1) is 0 Å². The lowest BCUT2D eigenvalue weighted by Crippen LogP contribution is -2.37. The Labute approximate surface area is 85.3 Å². The molecule has 1 atom stereocenters. The Hall–Kier alpha value is -0.160. The van der Waals surface area contributed by atoms with Crippen LogP contribution in [0.4, 0.5) is 0 Å². The van der Waals surface area contributed by atoms with Crippen molar-refractivity contribution in [3.8, 4) is 0 Å². The van der Waals surface area contributed by atoms with Gasteiger partial charge < -0.3 is 20.1 Å². The molecular weight excluding hydrogens is 180 g/mol. The third kappa shape index (κ3) is 3.20. The number of nitrogens with one attached hydrogen (secondary N) is 2. The second-order valence-electron chi connectivity index (χ2n) is 3.96. The summed E-state index contributed by atoms with van der Waals surface area (Å²) in [7, 11) is 0. The first-order valence-electron chi connectivity index (χ1n) is 5.63. The van der Waals surface area contributed by atoms with Gasteiger partial charge in [0.2, 0.25) is 0 Å². The summed E-state index contributed by atoms with van der Waals surface area (Å²) in [6.45, 7) is 4.80. The lowest BCUT2D eigenvalue weighted by molar-refractivity contribution is -0.185. The van der Waals surface area contributed by atoms with Gasteiger partial charge in [-0.15, -0.1) is 0 Å². The van der Waals surface area contributed by atoms with Crippen LogP contribution in [0.15, 0.2) is 0 Å². The molecule has 2 rings (SSSR count). The van der Waals surface area contributed by atoms with Gasteiger partial charge in [-0.3, -0.25) is 0 Å². The lowest BCUT2D eigenvalue weighted by Gasteiger charge is -2.27. The molecule has 82 valence electrons. The van der Waals surface area contributed by atoms with Crippen molar-refractivity contribution in [3.63, 3.8) is 0 Å². The molecule has 0 aliphatic carbocycles. The highest BCUT2D eigenvalue weighted by atomic mass is 16.7. The van der Waals surface area contributed by atoms with Crippen molar-refractivity contribution in [1.82, 2.24) is 10.6 Å². The molecule has 0 amide bonds. The van der Waals surface area contributed by atoms with E-state index in [4.69, 9.17) is 9.47 Å². The van der Waals surface area contributed by atoms with Gasteiger partial charge in [0.15, 0.2) is 6.29 Å². The molecule has 2 saturated heterocycles. The van der Waals surface area contributed by atoms with E-state index in [0.29, 0.717) is 0 Å². The van der Waals surface area contributed by atoms with Crippen molar-refractivity contribution < 1.29 is 9.47 Å². The first kappa shape index (κ1) is 10.4. The molecule has 14 heavy (non-hydrogen) atoms. The SMILES string of the molecule is C1CCC(OC2CNCCNC2)OC1. The Morgan fingerprint density at radius 3 is 2.50 bits per heavy atom. The fourth-order valence-electron chi connectivity index (χ4n) is 1.90. The van der Waals surface area contributed by atoms with Crippen molar-refractivity contribution >= 4 is 0 Å². The van der Waals surface area contributed by atoms with Crippen molar-refractivity contribution in [2.24, 2.45) is 0 Å². The van der Waals surface area contributed by atoms with Crippen LogP contribution in [-0.2, 0) is 9.47 Å². The molecule has 2 fully saturated rings. The Morgan fingerprint density at radius 1 is 1.07 bits per heavy atom. The average Bonchev–Trinajstić information content (AvgIpc) is 2.48. The van der Waals surface area contributed by atoms with Crippen LogP contribution in [-0.4, -0.2) is 45.2 Å². The van der Waals surface area contributed by atoms with Crippen molar-refractivity contribution in [2.75, 3.05) is 32.8 Å². The van der Waals surface area contributed by atoms with Gasteiger partial charge >= 0.3 is 0 Å². The molecule has 0 saturated carbocycles. The first-order valence-corrected chi connectivity index (χ1v) is 5.63. The highest BCUT2D eigenvalue weighted by molar-refractivity contribution is 4.71. The molecule has 0 bridgehead atoms. The topological polar surface area (TPSA) is 42.5 Å². The molecule has 4 heteroatoms. The second-order valence-corrected chi connectivity index (χ2v) is 3.96. The third-order valence-corrected chi connectivity index (χ3v) is 2.70. The van der Waals surface area contributed by atoms with Crippen molar-refractivity contribution in [1.29, 1.82) is 0 Å². The van der Waals surface area contributed by atoms with Gasteiger partial charge in [-0.25, -0.2) is 0 Å². The molecule has 1 unspecified atom stereocenters. The fourth-order valence-corrected chi connectivity index (χ4v) is 1.90. The minimum Gasteiger partial charge on any atom is -0.353 e. The van der Waals surface area contributed by atoms with E-state index in [-0.39, 0.29) is 12.4 Å². The van der Waals surface area contributed by atoms with E-state index in [1.165, 1.54) is 12.8 Å². The molecule has 0 radical (unpaired) electrons. The maximum Gasteiger partial charge on any atom is 0.158 e. The molecule has 2 heterocycles. The summed E-state index contributed by atoms with van der Waals surface area (Å²) in [5, 5.41) is 6.69. The summed E-state index contributed by atoms with van der Waals surface area (Å²) >= 11 is 0. The summed E-state index contributed by atoms with van der Waals surface area (Å²) in [6, 6.07) is 0. The number of hydrogen-bond donors (Lipinski definition) is 2. The molecule has 0 aromatic heterocycles. The minimum absolute atomic E-state index is 0.0375. The van der Waals surface area contributed by atoms with Gasteiger partial charge in [0.25, 0.3) is 0 Å². The maximum absolute atomic E-state index is 5.86. The van der Waals surface area contributed by atoms with Crippen LogP contribution >= 0.6 is 0 Å². The predicted molar refractivity (Wildman–Crippen MR) is 54.2 cm³/mol. The van der Waals surface area contributed by atoms with Gasteiger partial charge in [-0.05, 0) is 19.3 Å². The fraction of sp³-hybridized carbons (Fsp3) is 1.00. The van der Waals surface area contributed by atoms with Crippen molar-refractivity contribution in [2.45, 2.75) is 31.7 Å². The number of rotatable bonds is 2. The zero-order valence-electron chi connectivity index (χ0n) is 8.63. The lowest BCUT2D eigenvalue weighted by atomic mass is 10.2. The van der Waals surface area contributed by atoms with Gasteiger partial charge in [0.1, 0.15) is 0 Å². The summed E-state index contributed by atoms with van der Waals surface area (Å²) in [5.41, 5.74) is 0. The van der Waals surface area contributed by atoms with E-state index >= 15 is 0 Å². The Bertz CT molecular complexity index is 152. The van der Waals surface area contributed by atoms with Gasteiger partial charge in [0, 0.05) is 32.8 Å². The summed E-state index contributed by atoms with van der Waals surface area (Å²) in [4.78, 5) is 0. The van der Waals surface area contributed by atoms with Gasteiger partial charge in [-0.2, -0.15) is 0 Å². The summed E-state index contributed by atoms with van der Waals surface area (Å²) in [6.07, 6.45) is 3.77. The second kappa shape index (κ2) is 5.66. The monoisotopic (exact) mass is 200 g/mol. The van der Waals surface area contributed by atoms with Crippen LogP contribution in [0.1, 0.15) is 19.3 Å². The predicted octanol–water partition coefficient (Wildman–Crippen LogP) is 0.0910. The van der Waals surface area contributed by atoms with Gasteiger partial charge in [0.05, 0.1) is 6.10 Å². The van der Waals surface area contributed by atoms with Crippen LogP contribution in [0.5, 0.6) is 0 Å². The van der Waals surface area contributed by atoms with E-state index in [1.807, 2.05) is 0 Å². The van der Waals surface area contributed by atoms with Crippen molar-refractivity contribution in [3.05, 3.63) is 0 Å². The number of ether oxygens (including phenoxy) is 2. The molecule has 2 N–H and O–H groups in total. The van der Waals surface area contributed by atoms with Crippen LogP contribution in [0.25, 0.3) is 0 Å². The maximum atomic E-state index is 5.86. The zero-order valence-corrected chi connectivity index (χ0v) is 8.63. The largest absolute Gasteiger partial charge is 0.353 e. The third-order valence-electron chi connectivity index (χ3n) is 2.70. The highest BCUT2D eigenvalue weighted by Crippen LogP contribution is 2.15. The van der Waals surface area contributed by atoms with Gasteiger partial charge in [-0.1, -0.05) is 0 Å². The smallest absolute Gasteiger partial charge is 0.158 e. The quantitative estimate of drug-likeness (QED) is 0.663. The van der Waals surface area contributed by atoms with Crippen LogP contribution < -0.4 is 10.6 Å². The average molecular weight is 200 g/mol. The van der Waals surface area contributed by atoms with Crippen LogP contribution in [0.2, 0.25) is 0 Å². The molecule has 0 spiro atoms. The Kier molecular flexibility index (Phi) is 4.19. The minimum atomic E-state index is 0.0375. The molecule has 2 aliphatic rings. The summed E-state index contributed by atoms with van der Waals surface area (Å²) < 4.78 is 11.4. The summed E-state index contributed by atoms with van der Waals surface area (Å²) in [5.74, 6) is 0. The van der Waals surface area contributed by atoms with E-state index in [9.17, 15) is 0 Å².